The molecule has 0 radical (unpaired) electrons. The van der Waals surface area contributed by atoms with Gasteiger partial charge in [-0.25, -0.2) is 4.90 Å². The molecule has 1 fully saturated rings. The Kier molecular flexibility index (Phi) is 2.08. The van der Waals surface area contributed by atoms with E-state index in [1.54, 1.807) is 0 Å². The summed E-state index contributed by atoms with van der Waals surface area (Å²) in [6.45, 7) is 4.85. The second-order valence-corrected chi connectivity index (χ2v) is 2.71. The molecule has 0 aliphatic carbocycles. The minimum atomic E-state index is -0.581. The Hall–Kier alpha value is -1.45. The molecule has 0 N–H and O–H groups in total. The van der Waals surface area contributed by atoms with Gasteiger partial charge in [0.2, 0.25) is 11.8 Å². The van der Waals surface area contributed by atoms with Gasteiger partial charge in [0.1, 0.15) is 0 Å². The van der Waals surface area contributed by atoms with Crippen LogP contribution in [0.3, 0.4) is 0 Å². The van der Waals surface area contributed by atoms with E-state index in [4.69, 9.17) is 0 Å². The summed E-state index contributed by atoms with van der Waals surface area (Å²) in [5.74, 6) is -1.43. The average Bonchev–Trinajstić information content (AvgIpc) is 2.30. The standard InChI is InChI=1S/C8H9NO3/c1-5(2)8(12)9-6(10)3-4-7(9)11/h1,3-4H2,2H3. The first-order valence-electron chi connectivity index (χ1n) is 3.59. The molecule has 0 unspecified atom stereocenters. The summed E-state index contributed by atoms with van der Waals surface area (Å²) >= 11 is 0. The van der Waals surface area contributed by atoms with E-state index in [1.165, 1.54) is 6.92 Å². The normalized spacial score (nSPS) is 16.9. The molecule has 0 atom stereocenters. The molecular formula is C8H9NO3. The number of hydrogen-bond acceptors (Lipinski definition) is 3. The monoisotopic (exact) mass is 167 g/mol. The van der Waals surface area contributed by atoms with Gasteiger partial charge >= 0.3 is 0 Å². The van der Waals surface area contributed by atoms with Crippen LogP contribution in [0.4, 0.5) is 0 Å². The number of imide groups is 3. The topological polar surface area (TPSA) is 54.5 Å². The van der Waals surface area contributed by atoms with E-state index in [1.807, 2.05) is 0 Å². The number of carbonyl (C=O) groups excluding carboxylic acids is 3. The van der Waals surface area contributed by atoms with Crippen LogP contribution in [0.25, 0.3) is 0 Å². The Morgan fingerprint density at radius 2 is 1.75 bits per heavy atom. The molecule has 1 rings (SSSR count). The third kappa shape index (κ3) is 1.28. The molecule has 4 heteroatoms. The molecule has 12 heavy (non-hydrogen) atoms. The summed E-state index contributed by atoms with van der Waals surface area (Å²) in [7, 11) is 0. The van der Waals surface area contributed by atoms with Crippen molar-refractivity contribution in [2.75, 3.05) is 0 Å². The van der Waals surface area contributed by atoms with Crippen molar-refractivity contribution >= 4 is 17.7 Å². The smallest absolute Gasteiger partial charge is 0.262 e. The highest BCUT2D eigenvalue weighted by molar-refractivity contribution is 6.19. The van der Waals surface area contributed by atoms with Crippen molar-refractivity contribution < 1.29 is 14.4 Å². The fraction of sp³-hybridized carbons (Fsp3) is 0.375. The van der Waals surface area contributed by atoms with Crippen molar-refractivity contribution in [2.45, 2.75) is 19.8 Å². The first-order chi connectivity index (χ1) is 5.54. The van der Waals surface area contributed by atoms with Crippen LogP contribution in [0, 0.1) is 0 Å². The lowest BCUT2D eigenvalue weighted by atomic mass is 10.3. The lowest BCUT2D eigenvalue weighted by molar-refractivity contribution is -0.147. The van der Waals surface area contributed by atoms with Crippen LogP contribution < -0.4 is 0 Å². The van der Waals surface area contributed by atoms with Crippen molar-refractivity contribution in [1.29, 1.82) is 0 Å². The Balaban J connectivity index is 2.87. The van der Waals surface area contributed by atoms with Gasteiger partial charge in [-0.3, -0.25) is 14.4 Å². The highest BCUT2D eigenvalue weighted by atomic mass is 16.2. The maximum absolute atomic E-state index is 11.2. The van der Waals surface area contributed by atoms with Crippen LogP contribution in [0.2, 0.25) is 0 Å². The number of likely N-dealkylation sites (tertiary alicyclic amines) is 1. The van der Waals surface area contributed by atoms with E-state index >= 15 is 0 Å². The fourth-order valence-corrected chi connectivity index (χ4v) is 0.994. The molecule has 0 saturated carbocycles. The maximum atomic E-state index is 11.2. The van der Waals surface area contributed by atoms with E-state index in [0.29, 0.717) is 4.90 Å². The second kappa shape index (κ2) is 2.89. The molecule has 0 aromatic heterocycles. The second-order valence-electron chi connectivity index (χ2n) is 2.71. The zero-order valence-corrected chi connectivity index (χ0v) is 6.79. The van der Waals surface area contributed by atoms with E-state index < -0.39 is 17.7 Å². The fourth-order valence-electron chi connectivity index (χ4n) is 0.994. The summed E-state index contributed by atoms with van der Waals surface area (Å²) in [6.07, 6.45) is 0.274. The Morgan fingerprint density at radius 1 is 1.33 bits per heavy atom. The molecule has 1 aliphatic rings. The quantitative estimate of drug-likeness (QED) is 0.415. The molecule has 4 nitrogen and oxygen atoms in total. The molecule has 3 amide bonds. The maximum Gasteiger partial charge on any atom is 0.262 e. The van der Waals surface area contributed by atoms with Gasteiger partial charge < -0.3 is 0 Å². The summed E-state index contributed by atoms with van der Waals surface area (Å²) in [6, 6.07) is 0. The van der Waals surface area contributed by atoms with E-state index in [0.717, 1.165) is 0 Å². The van der Waals surface area contributed by atoms with Crippen molar-refractivity contribution in [3.05, 3.63) is 12.2 Å². The predicted octanol–water partition coefficient (Wildman–Crippen LogP) is 0.238. The first kappa shape index (κ1) is 8.64. The van der Waals surface area contributed by atoms with Crippen LogP contribution >= 0.6 is 0 Å². The van der Waals surface area contributed by atoms with Gasteiger partial charge in [-0.15, -0.1) is 0 Å². The Labute approximate surface area is 69.8 Å². The minimum Gasteiger partial charge on any atom is -0.274 e. The molecule has 64 valence electrons. The molecule has 1 heterocycles. The number of rotatable bonds is 1. The van der Waals surface area contributed by atoms with Gasteiger partial charge in [0, 0.05) is 18.4 Å². The van der Waals surface area contributed by atoms with Crippen molar-refractivity contribution in [3.63, 3.8) is 0 Å². The lowest BCUT2D eigenvalue weighted by Crippen LogP contribution is -2.35. The van der Waals surface area contributed by atoms with E-state index in [2.05, 4.69) is 6.58 Å². The van der Waals surface area contributed by atoms with Crippen molar-refractivity contribution in [1.82, 2.24) is 4.90 Å². The van der Waals surface area contributed by atoms with Crippen LogP contribution in [0.1, 0.15) is 19.8 Å². The van der Waals surface area contributed by atoms with Crippen LogP contribution in [0.5, 0.6) is 0 Å². The zero-order valence-electron chi connectivity index (χ0n) is 6.79. The van der Waals surface area contributed by atoms with E-state index in [-0.39, 0.29) is 18.4 Å². The highest BCUT2D eigenvalue weighted by Crippen LogP contribution is 2.13. The number of amides is 3. The molecule has 1 saturated heterocycles. The van der Waals surface area contributed by atoms with Gasteiger partial charge in [0.25, 0.3) is 5.91 Å². The lowest BCUT2D eigenvalue weighted by Gasteiger charge is -2.10. The minimum absolute atomic E-state index is 0.137. The number of nitrogens with zero attached hydrogens (tertiary/aromatic N) is 1. The molecule has 0 spiro atoms. The summed E-state index contributed by atoms with van der Waals surface area (Å²) in [5.41, 5.74) is 0.207. The van der Waals surface area contributed by atoms with Gasteiger partial charge in [-0.05, 0) is 6.92 Å². The largest absolute Gasteiger partial charge is 0.274 e. The van der Waals surface area contributed by atoms with Gasteiger partial charge in [0.15, 0.2) is 0 Å². The Bertz CT molecular complexity index is 264. The third-order valence-corrected chi connectivity index (χ3v) is 1.62. The molecule has 1 aliphatic heterocycles. The number of hydrogen-bond donors (Lipinski definition) is 0. The predicted molar refractivity (Wildman–Crippen MR) is 40.9 cm³/mol. The van der Waals surface area contributed by atoms with Crippen LogP contribution in [-0.2, 0) is 14.4 Å². The third-order valence-electron chi connectivity index (χ3n) is 1.62. The molecular weight excluding hydrogens is 158 g/mol. The summed E-state index contributed by atoms with van der Waals surface area (Å²) in [5, 5.41) is 0. The molecule has 0 aromatic rings. The molecule has 0 aromatic carbocycles. The van der Waals surface area contributed by atoms with Crippen molar-refractivity contribution in [2.24, 2.45) is 0 Å². The zero-order chi connectivity index (χ0) is 9.30. The molecule has 0 bridgehead atoms. The highest BCUT2D eigenvalue weighted by Gasteiger charge is 2.34. The van der Waals surface area contributed by atoms with Gasteiger partial charge in [0.05, 0.1) is 0 Å². The van der Waals surface area contributed by atoms with Crippen LogP contribution in [-0.4, -0.2) is 22.6 Å². The van der Waals surface area contributed by atoms with Gasteiger partial charge in [-0.1, -0.05) is 6.58 Å². The van der Waals surface area contributed by atoms with E-state index in [9.17, 15) is 14.4 Å². The average molecular weight is 167 g/mol. The Morgan fingerprint density at radius 3 is 2.08 bits per heavy atom. The van der Waals surface area contributed by atoms with Crippen molar-refractivity contribution in [3.8, 4) is 0 Å². The summed E-state index contributed by atoms with van der Waals surface area (Å²) in [4.78, 5) is 33.8. The summed E-state index contributed by atoms with van der Waals surface area (Å²) < 4.78 is 0. The number of carbonyl (C=O) groups is 3. The van der Waals surface area contributed by atoms with Gasteiger partial charge in [-0.2, -0.15) is 0 Å². The van der Waals surface area contributed by atoms with Crippen LogP contribution in [0.15, 0.2) is 12.2 Å². The SMILES string of the molecule is C=C(C)C(=O)N1C(=O)CCC1=O. The first-order valence-corrected chi connectivity index (χ1v) is 3.59.